The first-order valence-corrected chi connectivity index (χ1v) is 9.05. The van der Waals surface area contributed by atoms with Crippen LogP contribution in [0.15, 0.2) is 4.47 Å². The zero-order chi connectivity index (χ0) is 15.2. The minimum absolute atomic E-state index is 0.482. The smallest absolute Gasteiger partial charge is 0.0766 e. The number of rotatable bonds is 8. The number of aryl methyl sites for hydroxylation is 2. The van der Waals surface area contributed by atoms with Gasteiger partial charge in [0, 0.05) is 31.5 Å². The van der Waals surface area contributed by atoms with E-state index in [1.807, 2.05) is 0 Å². The van der Waals surface area contributed by atoms with E-state index in [2.05, 4.69) is 46.7 Å². The van der Waals surface area contributed by atoms with E-state index in [0.29, 0.717) is 12.0 Å². The first kappa shape index (κ1) is 17.0. The van der Waals surface area contributed by atoms with Crippen molar-refractivity contribution in [1.29, 1.82) is 0 Å². The van der Waals surface area contributed by atoms with Crippen molar-refractivity contribution in [3.63, 3.8) is 0 Å². The lowest BCUT2D eigenvalue weighted by Crippen LogP contribution is -2.39. The average molecular weight is 358 g/mol. The van der Waals surface area contributed by atoms with Gasteiger partial charge in [-0.3, -0.25) is 4.68 Å². The molecule has 1 aliphatic rings. The Balaban J connectivity index is 2.16. The monoisotopic (exact) mass is 357 g/mol. The quantitative estimate of drug-likeness (QED) is 0.776. The van der Waals surface area contributed by atoms with Crippen molar-refractivity contribution in [3.05, 3.63) is 15.9 Å². The van der Waals surface area contributed by atoms with E-state index >= 15 is 0 Å². The largest absolute Gasteiger partial charge is 0.381 e. The molecule has 0 spiro atoms. The van der Waals surface area contributed by atoms with Crippen molar-refractivity contribution in [2.75, 3.05) is 19.8 Å². The highest BCUT2D eigenvalue weighted by Crippen LogP contribution is 2.27. The van der Waals surface area contributed by atoms with Gasteiger partial charge in [0.2, 0.25) is 0 Å². The number of hydrogen-bond donors (Lipinski definition) is 1. The maximum Gasteiger partial charge on any atom is 0.0766 e. The minimum atomic E-state index is 0.482. The molecule has 1 saturated heterocycles. The SMILES string of the molecule is CCCNC(Cc1c(Br)c(CC)nn1CC)C1CCOC1. The van der Waals surface area contributed by atoms with Crippen LogP contribution in [0, 0.1) is 5.92 Å². The molecule has 2 rings (SSSR count). The van der Waals surface area contributed by atoms with Crippen molar-refractivity contribution in [3.8, 4) is 0 Å². The lowest BCUT2D eigenvalue weighted by molar-refractivity contribution is 0.176. The summed E-state index contributed by atoms with van der Waals surface area (Å²) >= 11 is 3.77. The van der Waals surface area contributed by atoms with Crippen LogP contribution in [0.1, 0.15) is 45.0 Å². The Morgan fingerprint density at radius 3 is 2.81 bits per heavy atom. The molecule has 4 nitrogen and oxygen atoms in total. The molecule has 1 N–H and O–H groups in total. The van der Waals surface area contributed by atoms with Crippen LogP contribution in [0.3, 0.4) is 0 Å². The molecular formula is C16H28BrN3O. The standard InChI is InChI=1S/C16H28BrN3O/c1-4-8-18-14(12-7-9-21-11-12)10-15-16(17)13(5-2)19-20(15)6-3/h12,14,18H,4-11H2,1-3H3. The third kappa shape index (κ3) is 4.08. The van der Waals surface area contributed by atoms with Crippen LogP contribution in [0.25, 0.3) is 0 Å². The summed E-state index contributed by atoms with van der Waals surface area (Å²) in [5.41, 5.74) is 2.50. The van der Waals surface area contributed by atoms with Crippen LogP contribution in [0.4, 0.5) is 0 Å². The van der Waals surface area contributed by atoms with E-state index in [-0.39, 0.29) is 0 Å². The molecule has 0 saturated carbocycles. The Labute approximate surface area is 136 Å². The van der Waals surface area contributed by atoms with E-state index in [0.717, 1.165) is 39.1 Å². The lowest BCUT2D eigenvalue weighted by atomic mass is 9.94. The summed E-state index contributed by atoms with van der Waals surface area (Å²) in [6.45, 7) is 10.3. The third-order valence-electron chi connectivity index (χ3n) is 4.30. The van der Waals surface area contributed by atoms with Gasteiger partial charge < -0.3 is 10.1 Å². The van der Waals surface area contributed by atoms with Gasteiger partial charge in [0.25, 0.3) is 0 Å². The van der Waals surface area contributed by atoms with Gasteiger partial charge >= 0.3 is 0 Å². The van der Waals surface area contributed by atoms with Crippen LogP contribution in [0.2, 0.25) is 0 Å². The lowest BCUT2D eigenvalue weighted by Gasteiger charge is -2.24. The topological polar surface area (TPSA) is 39.1 Å². The molecule has 2 atom stereocenters. The minimum Gasteiger partial charge on any atom is -0.381 e. The summed E-state index contributed by atoms with van der Waals surface area (Å²) in [5.74, 6) is 0.619. The Kier molecular flexibility index (Phi) is 6.71. The molecule has 1 aliphatic heterocycles. The van der Waals surface area contributed by atoms with Crippen LogP contribution >= 0.6 is 15.9 Å². The van der Waals surface area contributed by atoms with E-state index in [9.17, 15) is 0 Å². The van der Waals surface area contributed by atoms with Crippen molar-refractivity contribution in [2.24, 2.45) is 5.92 Å². The number of nitrogens with one attached hydrogen (secondary N) is 1. The fraction of sp³-hybridized carbons (Fsp3) is 0.812. The van der Waals surface area contributed by atoms with E-state index in [4.69, 9.17) is 9.84 Å². The van der Waals surface area contributed by atoms with Crippen LogP contribution in [0.5, 0.6) is 0 Å². The van der Waals surface area contributed by atoms with E-state index in [1.54, 1.807) is 0 Å². The van der Waals surface area contributed by atoms with Gasteiger partial charge in [-0.2, -0.15) is 5.10 Å². The van der Waals surface area contributed by atoms with Crippen LogP contribution in [-0.2, 0) is 24.1 Å². The first-order chi connectivity index (χ1) is 10.2. The Morgan fingerprint density at radius 2 is 2.24 bits per heavy atom. The second-order valence-electron chi connectivity index (χ2n) is 5.77. The number of hydrogen-bond acceptors (Lipinski definition) is 3. The predicted octanol–water partition coefficient (Wildman–Crippen LogP) is 3.18. The number of nitrogens with zero attached hydrogens (tertiary/aromatic N) is 2. The molecule has 0 aromatic carbocycles. The second kappa shape index (κ2) is 8.30. The van der Waals surface area contributed by atoms with Crippen molar-refractivity contribution in [1.82, 2.24) is 15.1 Å². The van der Waals surface area contributed by atoms with Gasteiger partial charge in [0.05, 0.1) is 22.5 Å². The maximum atomic E-state index is 5.59. The number of aromatic nitrogens is 2. The van der Waals surface area contributed by atoms with Gasteiger partial charge in [-0.25, -0.2) is 0 Å². The summed E-state index contributed by atoms with van der Waals surface area (Å²) < 4.78 is 8.95. The number of ether oxygens (including phenoxy) is 1. The maximum absolute atomic E-state index is 5.59. The zero-order valence-electron chi connectivity index (χ0n) is 13.5. The highest BCUT2D eigenvalue weighted by molar-refractivity contribution is 9.10. The molecule has 1 aromatic rings. The van der Waals surface area contributed by atoms with Crippen molar-refractivity contribution in [2.45, 2.75) is 59.0 Å². The molecular weight excluding hydrogens is 330 g/mol. The molecule has 0 radical (unpaired) electrons. The zero-order valence-corrected chi connectivity index (χ0v) is 15.1. The van der Waals surface area contributed by atoms with Crippen LogP contribution in [-0.4, -0.2) is 35.6 Å². The summed E-state index contributed by atoms with van der Waals surface area (Å²) in [6, 6.07) is 0.482. The van der Waals surface area contributed by atoms with Gasteiger partial charge in [-0.15, -0.1) is 0 Å². The van der Waals surface area contributed by atoms with Crippen molar-refractivity contribution >= 4 is 15.9 Å². The summed E-state index contributed by atoms with van der Waals surface area (Å²) in [6.07, 6.45) is 4.33. The third-order valence-corrected chi connectivity index (χ3v) is 5.21. The Hall–Kier alpha value is -0.390. The van der Waals surface area contributed by atoms with Gasteiger partial charge in [0.15, 0.2) is 0 Å². The second-order valence-corrected chi connectivity index (χ2v) is 6.56. The highest BCUT2D eigenvalue weighted by Gasteiger charge is 2.27. The summed E-state index contributed by atoms with van der Waals surface area (Å²) in [7, 11) is 0. The molecule has 0 bridgehead atoms. The van der Waals surface area contributed by atoms with Crippen molar-refractivity contribution < 1.29 is 4.74 Å². The molecule has 0 aliphatic carbocycles. The molecule has 5 heteroatoms. The number of halogens is 1. The molecule has 2 unspecified atom stereocenters. The fourth-order valence-corrected chi connectivity index (χ4v) is 3.75. The highest BCUT2D eigenvalue weighted by atomic mass is 79.9. The molecule has 0 amide bonds. The summed E-state index contributed by atoms with van der Waals surface area (Å²) in [4.78, 5) is 0. The fourth-order valence-electron chi connectivity index (χ4n) is 3.03. The Morgan fingerprint density at radius 1 is 1.43 bits per heavy atom. The molecule has 120 valence electrons. The molecule has 2 heterocycles. The van der Waals surface area contributed by atoms with E-state index in [1.165, 1.54) is 28.7 Å². The average Bonchev–Trinajstić information content (AvgIpc) is 3.12. The van der Waals surface area contributed by atoms with Gasteiger partial charge in [0.1, 0.15) is 0 Å². The van der Waals surface area contributed by atoms with Crippen LogP contribution < -0.4 is 5.32 Å². The van der Waals surface area contributed by atoms with E-state index < -0.39 is 0 Å². The van der Waals surface area contributed by atoms with Gasteiger partial charge in [-0.05, 0) is 48.7 Å². The molecule has 1 fully saturated rings. The first-order valence-electron chi connectivity index (χ1n) is 8.26. The predicted molar refractivity (Wildman–Crippen MR) is 89.7 cm³/mol. The Bertz CT molecular complexity index is 441. The molecule has 21 heavy (non-hydrogen) atoms. The molecule has 1 aromatic heterocycles. The van der Waals surface area contributed by atoms with Gasteiger partial charge in [-0.1, -0.05) is 13.8 Å². The summed E-state index contributed by atoms with van der Waals surface area (Å²) in [5, 5.41) is 8.44. The normalized spacial score (nSPS) is 20.1.